The van der Waals surface area contributed by atoms with Gasteiger partial charge in [-0.2, -0.15) is 8.42 Å². The molecule has 4 aromatic rings. The third-order valence-electron chi connectivity index (χ3n) is 4.95. The lowest BCUT2D eigenvalue weighted by molar-refractivity contribution is 0.0697. The number of anilines is 1. The summed E-state index contributed by atoms with van der Waals surface area (Å²) in [6, 6.07) is 26.1. The van der Waals surface area contributed by atoms with Crippen LogP contribution in [-0.2, 0) is 16.6 Å². The molecule has 33 heavy (non-hydrogen) atoms. The minimum absolute atomic E-state index is 0.0274. The number of sulfonamides is 1. The van der Waals surface area contributed by atoms with Crippen molar-refractivity contribution in [3.8, 4) is 16.9 Å². The molecule has 0 saturated heterocycles. The van der Waals surface area contributed by atoms with Crippen LogP contribution >= 0.6 is 0 Å². The summed E-state index contributed by atoms with van der Waals surface area (Å²) in [6.45, 7) is 0.113. The molecule has 0 fully saturated rings. The quantitative estimate of drug-likeness (QED) is 0.433. The average Bonchev–Trinajstić information content (AvgIpc) is 3.37. The Labute approximate surface area is 192 Å². The van der Waals surface area contributed by atoms with Crippen LogP contribution in [0, 0.1) is 11.2 Å². The molecule has 0 atom stereocenters. The Balaban J connectivity index is 1.79. The number of aromatic nitrogens is 1. The van der Waals surface area contributed by atoms with Crippen molar-refractivity contribution in [2.45, 2.75) is 6.54 Å². The summed E-state index contributed by atoms with van der Waals surface area (Å²) < 4.78 is 29.6. The van der Waals surface area contributed by atoms with Gasteiger partial charge in [-0.25, -0.2) is 4.79 Å². The lowest BCUT2D eigenvalue weighted by atomic mass is 10.1. The van der Waals surface area contributed by atoms with Gasteiger partial charge in [0.05, 0.1) is 34.3 Å². The van der Waals surface area contributed by atoms with E-state index in [1.165, 1.54) is 10.4 Å². The van der Waals surface area contributed by atoms with E-state index in [9.17, 15) is 18.3 Å². The molecule has 0 spiro atoms. The van der Waals surface area contributed by atoms with E-state index in [4.69, 9.17) is 0 Å². The van der Waals surface area contributed by atoms with Gasteiger partial charge in [0.2, 0.25) is 0 Å². The van der Waals surface area contributed by atoms with Crippen molar-refractivity contribution in [1.82, 2.24) is 4.57 Å². The van der Waals surface area contributed by atoms with Crippen molar-refractivity contribution in [3.05, 3.63) is 120 Å². The van der Waals surface area contributed by atoms with Gasteiger partial charge in [-0.15, -0.1) is 0 Å². The minimum Gasteiger partial charge on any atom is -0.478 e. The highest BCUT2D eigenvalue weighted by Crippen LogP contribution is 2.23. The highest BCUT2D eigenvalue weighted by molar-refractivity contribution is 7.97. The summed E-state index contributed by atoms with van der Waals surface area (Å²) in [6.07, 6.45) is 3.38. The maximum atomic E-state index is 13.4. The standard InChI is InChI=1S/C26H20N2O4S/c29-26(30)24-15-9-12-22(25(24)27-17-7-8-18-27)16-19-33(31,32)28(23-13-5-2-6-14-23)20-21-10-3-1-4-11-21/h1-15,17-18H,20H2,(H,29,30). The Bertz CT molecular complexity index is 1420. The van der Waals surface area contributed by atoms with Crippen molar-refractivity contribution in [1.29, 1.82) is 0 Å². The van der Waals surface area contributed by atoms with E-state index < -0.39 is 16.0 Å². The first-order chi connectivity index (χ1) is 16.0. The number of carbonyl (C=O) groups is 1. The molecule has 1 N–H and O–H groups in total. The van der Waals surface area contributed by atoms with Gasteiger partial charge in [0.15, 0.2) is 0 Å². The van der Waals surface area contributed by atoms with Crippen molar-refractivity contribution < 1.29 is 18.3 Å². The SMILES string of the molecule is O=C(O)c1cccc(C#CS(=O)(=O)N(Cc2ccccc2)c2ccccc2)c1-n1cccc1. The third kappa shape index (κ3) is 4.97. The number of benzene rings is 3. The van der Waals surface area contributed by atoms with E-state index in [1.54, 1.807) is 65.5 Å². The number of aromatic carboxylic acids is 1. The van der Waals surface area contributed by atoms with Gasteiger partial charge in [0.25, 0.3) is 0 Å². The monoisotopic (exact) mass is 456 g/mol. The van der Waals surface area contributed by atoms with Crippen LogP contribution in [0.4, 0.5) is 5.69 Å². The van der Waals surface area contributed by atoms with Crippen molar-refractivity contribution in [2.75, 3.05) is 4.31 Å². The predicted octanol–water partition coefficient (Wildman–Crippen LogP) is 4.52. The smallest absolute Gasteiger partial charge is 0.337 e. The van der Waals surface area contributed by atoms with E-state index >= 15 is 0 Å². The molecule has 0 bridgehead atoms. The molecule has 0 amide bonds. The third-order valence-corrected chi connectivity index (χ3v) is 6.23. The van der Waals surface area contributed by atoms with E-state index in [-0.39, 0.29) is 12.1 Å². The zero-order chi connectivity index (χ0) is 23.3. The normalized spacial score (nSPS) is 10.8. The summed E-state index contributed by atoms with van der Waals surface area (Å²) in [5.74, 6) is 1.58. The summed E-state index contributed by atoms with van der Waals surface area (Å²) in [7, 11) is -4.07. The first-order valence-electron chi connectivity index (χ1n) is 10.1. The van der Waals surface area contributed by atoms with E-state index in [0.717, 1.165) is 5.56 Å². The number of para-hydroxylation sites is 2. The van der Waals surface area contributed by atoms with Gasteiger partial charge in [0, 0.05) is 12.4 Å². The van der Waals surface area contributed by atoms with Gasteiger partial charge in [-0.1, -0.05) is 54.6 Å². The molecular formula is C26H20N2O4S. The van der Waals surface area contributed by atoms with E-state index in [0.29, 0.717) is 16.9 Å². The maximum absolute atomic E-state index is 13.4. The fourth-order valence-corrected chi connectivity index (χ4v) is 4.48. The predicted molar refractivity (Wildman–Crippen MR) is 128 cm³/mol. The van der Waals surface area contributed by atoms with E-state index in [1.807, 2.05) is 36.4 Å². The van der Waals surface area contributed by atoms with Crippen LogP contribution in [0.15, 0.2) is 103 Å². The second-order valence-electron chi connectivity index (χ2n) is 7.16. The fourth-order valence-electron chi connectivity index (χ4n) is 3.41. The van der Waals surface area contributed by atoms with Crippen LogP contribution < -0.4 is 4.31 Å². The molecule has 0 aliphatic rings. The average molecular weight is 457 g/mol. The summed E-state index contributed by atoms with van der Waals surface area (Å²) in [5, 5.41) is 12.0. The fraction of sp³-hybridized carbons (Fsp3) is 0.0385. The molecular weight excluding hydrogens is 436 g/mol. The molecule has 6 nitrogen and oxygen atoms in total. The zero-order valence-corrected chi connectivity index (χ0v) is 18.3. The molecule has 1 aromatic heterocycles. The Morgan fingerprint density at radius 2 is 1.48 bits per heavy atom. The molecule has 0 aliphatic carbocycles. The number of nitrogens with zero attached hydrogens (tertiary/aromatic N) is 2. The number of carboxylic acid groups (broad SMARTS) is 1. The molecule has 164 valence electrons. The van der Waals surface area contributed by atoms with Crippen molar-refractivity contribution in [3.63, 3.8) is 0 Å². The topological polar surface area (TPSA) is 79.6 Å². The van der Waals surface area contributed by atoms with Gasteiger partial charge < -0.3 is 9.67 Å². The number of carboxylic acids is 1. The lowest BCUT2D eigenvalue weighted by Gasteiger charge is -2.21. The molecule has 1 heterocycles. The van der Waals surface area contributed by atoms with Crippen LogP contribution in [0.25, 0.3) is 5.69 Å². The summed E-state index contributed by atoms with van der Waals surface area (Å²) in [5.41, 5.74) is 1.93. The number of hydrogen-bond acceptors (Lipinski definition) is 3. The Hall–Kier alpha value is -4.28. The molecule has 7 heteroatoms. The Kier molecular flexibility index (Phi) is 6.29. The molecule has 0 radical (unpaired) electrons. The lowest BCUT2D eigenvalue weighted by Crippen LogP contribution is -2.29. The first kappa shape index (κ1) is 21.9. The van der Waals surface area contributed by atoms with Crippen LogP contribution in [0.3, 0.4) is 0 Å². The molecule has 0 aliphatic heterocycles. The highest BCUT2D eigenvalue weighted by atomic mass is 32.2. The van der Waals surface area contributed by atoms with Gasteiger partial charge in [-0.05, 0) is 47.9 Å². The second kappa shape index (κ2) is 9.47. The zero-order valence-electron chi connectivity index (χ0n) is 17.5. The summed E-state index contributed by atoms with van der Waals surface area (Å²) in [4.78, 5) is 11.8. The maximum Gasteiger partial charge on any atom is 0.337 e. The number of hydrogen-bond donors (Lipinski definition) is 1. The van der Waals surface area contributed by atoms with Crippen LogP contribution in [0.1, 0.15) is 21.5 Å². The van der Waals surface area contributed by atoms with Gasteiger partial charge in [-0.3, -0.25) is 4.31 Å². The van der Waals surface area contributed by atoms with Crippen molar-refractivity contribution >= 4 is 21.7 Å². The van der Waals surface area contributed by atoms with Gasteiger partial charge in [0.1, 0.15) is 0 Å². The Morgan fingerprint density at radius 3 is 2.12 bits per heavy atom. The molecule has 0 saturated carbocycles. The second-order valence-corrected chi connectivity index (χ2v) is 8.75. The van der Waals surface area contributed by atoms with Crippen LogP contribution in [0.2, 0.25) is 0 Å². The van der Waals surface area contributed by atoms with E-state index in [2.05, 4.69) is 11.2 Å². The number of rotatable bonds is 6. The van der Waals surface area contributed by atoms with Crippen LogP contribution in [-0.4, -0.2) is 24.1 Å². The molecule has 4 rings (SSSR count). The Morgan fingerprint density at radius 1 is 0.848 bits per heavy atom. The largest absolute Gasteiger partial charge is 0.478 e. The van der Waals surface area contributed by atoms with Gasteiger partial charge >= 0.3 is 16.0 Å². The molecule has 0 unspecified atom stereocenters. The minimum atomic E-state index is -4.07. The summed E-state index contributed by atoms with van der Waals surface area (Å²) >= 11 is 0. The first-order valence-corrected chi connectivity index (χ1v) is 11.5. The highest BCUT2D eigenvalue weighted by Gasteiger charge is 2.21. The van der Waals surface area contributed by atoms with Crippen molar-refractivity contribution in [2.24, 2.45) is 0 Å². The molecule has 3 aromatic carbocycles. The van der Waals surface area contributed by atoms with Crippen LogP contribution in [0.5, 0.6) is 0 Å².